The van der Waals surface area contributed by atoms with Crippen LogP contribution in [0.1, 0.15) is 23.1 Å². The largest absolute Gasteiger partial charge is 0.337 e. The van der Waals surface area contributed by atoms with Crippen molar-refractivity contribution >= 4 is 5.91 Å². The zero-order valence-corrected chi connectivity index (χ0v) is 13.3. The minimum atomic E-state index is -0.251. The number of carbonyl (C=O) groups is 1. The van der Waals surface area contributed by atoms with Crippen LogP contribution in [0.3, 0.4) is 0 Å². The number of nitrogens with zero attached hydrogens (tertiary/aromatic N) is 1. The monoisotopic (exact) mass is 312 g/mol. The fourth-order valence-corrected chi connectivity index (χ4v) is 2.84. The molecule has 0 aromatic heterocycles. The Bertz CT molecular complexity index is 667. The molecular formula is C19H21FN2O. The molecule has 1 heterocycles. The quantitative estimate of drug-likeness (QED) is 0.920. The first-order chi connectivity index (χ1) is 11.1. The zero-order valence-electron chi connectivity index (χ0n) is 13.3. The van der Waals surface area contributed by atoms with Crippen LogP contribution < -0.4 is 5.32 Å². The van der Waals surface area contributed by atoms with E-state index in [1.165, 1.54) is 23.3 Å². The summed E-state index contributed by atoms with van der Waals surface area (Å²) < 4.78 is 12.9. The number of aryl methyl sites for hydroxylation is 1. The number of likely N-dealkylation sites (tertiary alicyclic amines) is 1. The molecule has 4 heteroatoms. The third-order valence-electron chi connectivity index (χ3n) is 4.22. The Morgan fingerprint density at radius 1 is 1.09 bits per heavy atom. The van der Waals surface area contributed by atoms with Crippen LogP contribution in [0.25, 0.3) is 0 Å². The van der Waals surface area contributed by atoms with E-state index in [1.807, 2.05) is 4.90 Å². The maximum Gasteiger partial charge on any atom is 0.224 e. The molecule has 1 fully saturated rings. The van der Waals surface area contributed by atoms with E-state index in [-0.39, 0.29) is 17.8 Å². The minimum absolute atomic E-state index is 0.149. The molecule has 1 N–H and O–H groups in total. The average molecular weight is 312 g/mol. The number of nitrogens with one attached hydrogen (secondary N) is 1. The Hall–Kier alpha value is -2.20. The van der Waals surface area contributed by atoms with Gasteiger partial charge >= 0.3 is 0 Å². The molecule has 3 nitrogen and oxygen atoms in total. The summed E-state index contributed by atoms with van der Waals surface area (Å²) in [5.41, 5.74) is 3.43. The van der Waals surface area contributed by atoms with E-state index in [2.05, 4.69) is 36.5 Å². The van der Waals surface area contributed by atoms with Crippen LogP contribution in [0.4, 0.5) is 4.39 Å². The highest BCUT2D eigenvalue weighted by molar-refractivity contribution is 5.79. The number of halogens is 1. The van der Waals surface area contributed by atoms with Gasteiger partial charge in [-0.1, -0.05) is 42.0 Å². The highest BCUT2D eigenvalue weighted by Gasteiger charge is 2.28. The molecule has 1 aliphatic rings. The summed E-state index contributed by atoms with van der Waals surface area (Å²) in [5, 5.41) is 3.45. The standard InChI is InChI=1S/C19H21FN2O/c1-14-2-4-15(5-3-14)11-21-18-10-19(23)22(13-18)12-16-6-8-17(20)9-7-16/h2-9,18,21H,10-13H2,1H3. The lowest BCUT2D eigenvalue weighted by atomic mass is 10.1. The second-order valence-corrected chi connectivity index (χ2v) is 6.17. The highest BCUT2D eigenvalue weighted by atomic mass is 19.1. The first-order valence-electron chi connectivity index (χ1n) is 7.91. The third-order valence-corrected chi connectivity index (χ3v) is 4.22. The molecule has 1 unspecified atom stereocenters. The summed E-state index contributed by atoms with van der Waals surface area (Å²) in [6.07, 6.45) is 0.521. The van der Waals surface area contributed by atoms with Gasteiger partial charge in [0.15, 0.2) is 0 Å². The van der Waals surface area contributed by atoms with Gasteiger partial charge in [0.05, 0.1) is 0 Å². The molecule has 1 amide bonds. The predicted molar refractivity (Wildman–Crippen MR) is 88.2 cm³/mol. The number of carbonyl (C=O) groups excluding carboxylic acids is 1. The average Bonchev–Trinajstić information content (AvgIpc) is 2.89. The summed E-state index contributed by atoms with van der Waals surface area (Å²) >= 11 is 0. The van der Waals surface area contributed by atoms with Gasteiger partial charge in [0.1, 0.15) is 5.82 Å². The minimum Gasteiger partial charge on any atom is -0.337 e. The molecular weight excluding hydrogens is 291 g/mol. The fourth-order valence-electron chi connectivity index (χ4n) is 2.84. The highest BCUT2D eigenvalue weighted by Crippen LogP contribution is 2.16. The van der Waals surface area contributed by atoms with Crippen molar-refractivity contribution in [3.8, 4) is 0 Å². The Balaban J connectivity index is 1.52. The van der Waals surface area contributed by atoms with Gasteiger partial charge in [0.2, 0.25) is 5.91 Å². The van der Waals surface area contributed by atoms with Crippen LogP contribution in [-0.2, 0) is 17.9 Å². The Kier molecular flexibility index (Phi) is 4.72. The van der Waals surface area contributed by atoms with Crippen molar-refractivity contribution in [3.63, 3.8) is 0 Å². The van der Waals surface area contributed by atoms with Crippen LogP contribution >= 0.6 is 0 Å². The second kappa shape index (κ2) is 6.92. The van der Waals surface area contributed by atoms with E-state index in [4.69, 9.17) is 0 Å². The molecule has 0 saturated carbocycles. The Labute approximate surface area is 136 Å². The number of amides is 1. The van der Waals surface area contributed by atoms with Crippen LogP contribution in [0.2, 0.25) is 0 Å². The molecule has 0 spiro atoms. The van der Waals surface area contributed by atoms with Crippen molar-refractivity contribution in [2.75, 3.05) is 6.54 Å². The molecule has 1 atom stereocenters. The van der Waals surface area contributed by atoms with Crippen molar-refractivity contribution in [1.29, 1.82) is 0 Å². The molecule has 120 valence electrons. The predicted octanol–water partition coefficient (Wildman–Crippen LogP) is 3.02. The molecule has 23 heavy (non-hydrogen) atoms. The van der Waals surface area contributed by atoms with Crippen molar-refractivity contribution in [2.24, 2.45) is 0 Å². The van der Waals surface area contributed by atoms with Crippen molar-refractivity contribution in [2.45, 2.75) is 32.5 Å². The number of hydrogen-bond acceptors (Lipinski definition) is 2. The molecule has 1 saturated heterocycles. The number of rotatable bonds is 5. The lowest BCUT2D eigenvalue weighted by Gasteiger charge is -2.17. The normalized spacial score (nSPS) is 17.7. The molecule has 0 aliphatic carbocycles. The fraction of sp³-hybridized carbons (Fsp3) is 0.316. The van der Waals surface area contributed by atoms with Gasteiger partial charge in [-0.25, -0.2) is 4.39 Å². The van der Waals surface area contributed by atoms with Crippen LogP contribution in [0.5, 0.6) is 0 Å². The topological polar surface area (TPSA) is 32.3 Å². The van der Waals surface area contributed by atoms with Gasteiger partial charge in [0.25, 0.3) is 0 Å². The first kappa shape index (κ1) is 15.7. The second-order valence-electron chi connectivity index (χ2n) is 6.17. The Morgan fingerprint density at radius 2 is 1.74 bits per heavy atom. The van der Waals surface area contributed by atoms with Crippen molar-refractivity contribution < 1.29 is 9.18 Å². The van der Waals surface area contributed by atoms with E-state index in [0.29, 0.717) is 19.5 Å². The first-order valence-corrected chi connectivity index (χ1v) is 7.91. The molecule has 3 rings (SSSR count). The molecule has 2 aromatic rings. The summed E-state index contributed by atoms with van der Waals surface area (Å²) in [7, 11) is 0. The van der Waals surface area contributed by atoms with Gasteiger partial charge in [-0.15, -0.1) is 0 Å². The summed E-state index contributed by atoms with van der Waals surface area (Å²) in [4.78, 5) is 14.0. The maximum absolute atomic E-state index is 12.9. The summed E-state index contributed by atoms with van der Waals surface area (Å²) in [6, 6.07) is 14.9. The lowest BCUT2D eigenvalue weighted by Crippen LogP contribution is -2.32. The molecule has 2 aromatic carbocycles. The van der Waals surface area contributed by atoms with Gasteiger partial charge in [0, 0.05) is 32.1 Å². The van der Waals surface area contributed by atoms with E-state index in [0.717, 1.165) is 12.1 Å². The van der Waals surface area contributed by atoms with Gasteiger partial charge < -0.3 is 10.2 Å². The van der Waals surface area contributed by atoms with Gasteiger partial charge in [-0.3, -0.25) is 4.79 Å². The summed E-state index contributed by atoms with van der Waals surface area (Å²) in [6.45, 7) is 4.08. The Morgan fingerprint density at radius 3 is 2.43 bits per heavy atom. The number of benzene rings is 2. The molecule has 0 bridgehead atoms. The SMILES string of the molecule is Cc1ccc(CNC2CC(=O)N(Cc3ccc(F)cc3)C2)cc1. The smallest absolute Gasteiger partial charge is 0.224 e. The number of hydrogen-bond donors (Lipinski definition) is 1. The van der Waals surface area contributed by atoms with Crippen LogP contribution in [0.15, 0.2) is 48.5 Å². The van der Waals surface area contributed by atoms with E-state index in [1.54, 1.807) is 12.1 Å². The zero-order chi connectivity index (χ0) is 16.2. The lowest BCUT2D eigenvalue weighted by molar-refractivity contribution is -0.128. The maximum atomic E-state index is 12.9. The van der Waals surface area contributed by atoms with Crippen LogP contribution in [0, 0.1) is 12.7 Å². The van der Waals surface area contributed by atoms with Crippen LogP contribution in [-0.4, -0.2) is 23.4 Å². The molecule has 0 radical (unpaired) electrons. The third kappa shape index (κ3) is 4.17. The van der Waals surface area contributed by atoms with Crippen molar-refractivity contribution in [1.82, 2.24) is 10.2 Å². The van der Waals surface area contributed by atoms with E-state index >= 15 is 0 Å². The van der Waals surface area contributed by atoms with Crippen molar-refractivity contribution in [3.05, 3.63) is 71.0 Å². The summed E-state index contributed by atoms with van der Waals surface area (Å²) in [5.74, 6) is -0.102. The van der Waals surface area contributed by atoms with Gasteiger partial charge in [-0.05, 0) is 30.2 Å². The molecule has 1 aliphatic heterocycles. The van der Waals surface area contributed by atoms with E-state index in [9.17, 15) is 9.18 Å². The van der Waals surface area contributed by atoms with E-state index < -0.39 is 0 Å². The van der Waals surface area contributed by atoms with Gasteiger partial charge in [-0.2, -0.15) is 0 Å².